The van der Waals surface area contributed by atoms with Crippen molar-refractivity contribution in [1.82, 2.24) is 0 Å². The van der Waals surface area contributed by atoms with Crippen LogP contribution in [0.3, 0.4) is 0 Å². The Morgan fingerprint density at radius 3 is 2.90 bits per heavy atom. The van der Waals surface area contributed by atoms with Gasteiger partial charge >= 0.3 is 0 Å². The number of hydrazone groups is 1. The smallest absolute Gasteiger partial charge is 0.161 e. The number of phenols is 1. The minimum Gasteiger partial charge on any atom is -0.504 e. The molecule has 0 spiro atoms. The Morgan fingerprint density at radius 1 is 1.30 bits per heavy atom. The van der Waals surface area contributed by atoms with E-state index in [1.807, 2.05) is 19.1 Å². The first kappa shape index (κ1) is 14.2. The van der Waals surface area contributed by atoms with Crippen molar-refractivity contribution in [1.29, 1.82) is 0 Å². The number of hydrogen-bond acceptors (Lipinski definition) is 4. The van der Waals surface area contributed by atoms with Crippen LogP contribution < -0.4 is 10.2 Å². The van der Waals surface area contributed by atoms with Crippen molar-refractivity contribution in [3.05, 3.63) is 53.1 Å². The van der Waals surface area contributed by atoms with Gasteiger partial charge in [-0.25, -0.2) is 0 Å². The van der Waals surface area contributed by atoms with Crippen LogP contribution in [0.5, 0.6) is 11.5 Å². The molecule has 4 nitrogen and oxygen atoms in total. The molecule has 5 heteroatoms. The van der Waals surface area contributed by atoms with Crippen LogP contribution in [0.2, 0.25) is 5.02 Å². The van der Waals surface area contributed by atoms with E-state index in [1.165, 1.54) is 0 Å². The minimum atomic E-state index is 0.117. The molecule has 0 saturated carbocycles. The number of halogens is 1. The van der Waals surface area contributed by atoms with Crippen molar-refractivity contribution < 1.29 is 9.84 Å². The summed E-state index contributed by atoms with van der Waals surface area (Å²) in [5, 5.41) is 14.4. The Kier molecular flexibility index (Phi) is 4.85. The van der Waals surface area contributed by atoms with E-state index in [2.05, 4.69) is 10.5 Å². The molecule has 0 fully saturated rings. The predicted molar refractivity (Wildman–Crippen MR) is 81.9 cm³/mol. The summed E-state index contributed by atoms with van der Waals surface area (Å²) in [5.74, 6) is 0.561. The second-order valence-corrected chi connectivity index (χ2v) is 4.48. The van der Waals surface area contributed by atoms with Gasteiger partial charge in [-0.3, -0.25) is 5.43 Å². The molecule has 0 amide bonds. The first-order chi connectivity index (χ1) is 9.69. The summed E-state index contributed by atoms with van der Waals surface area (Å²) in [7, 11) is 0. The molecule has 0 saturated heterocycles. The van der Waals surface area contributed by atoms with E-state index in [9.17, 15) is 5.11 Å². The van der Waals surface area contributed by atoms with E-state index in [-0.39, 0.29) is 5.75 Å². The summed E-state index contributed by atoms with van der Waals surface area (Å²) >= 11 is 5.88. The predicted octanol–water partition coefficient (Wildman–Crippen LogP) is 3.89. The molecule has 0 aliphatic carbocycles. The normalized spacial score (nSPS) is 10.7. The quantitative estimate of drug-likeness (QED) is 0.649. The van der Waals surface area contributed by atoms with E-state index < -0.39 is 0 Å². The Balaban J connectivity index is 2.06. The molecule has 0 unspecified atom stereocenters. The zero-order valence-electron chi connectivity index (χ0n) is 11.0. The Hall–Kier alpha value is -2.20. The maximum Gasteiger partial charge on any atom is 0.161 e. The molecule has 2 N–H and O–H groups in total. The highest BCUT2D eigenvalue weighted by Gasteiger charge is 2.01. The molecule has 2 aromatic carbocycles. The van der Waals surface area contributed by atoms with Crippen LogP contribution in [-0.2, 0) is 0 Å². The summed E-state index contributed by atoms with van der Waals surface area (Å²) in [4.78, 5) is 0. The molecule has 20 heavy (non-hydrogen) atoms. The maximum atomic E-state index is 9.60. The van der Waals surface area contributed by atoms with Gasteiger partial charge in [0.15, 0.2) is 11.5 Å². The molecule has 0 radical (unpaired) electrons. The van der Waals surface area contributed by atoms with Gasteiger partial charge in [0.25, 0.3) is 0 Å². The van der Waals surface area contributed by atoms with Crippen molar-refractivity contribution in [2.24, 2.45) is 5.10 Å². The highest BCUT2D eigenvalue weighted by Crippen LogP contribution is 2.26. The van der Waals surface area contributed by atoms with Crippen molar-refractivity contribution in [2.75, 3.05) is 12.0 Å². The summed E-state index contributed by atoms with van der Waals surface area (Å²) in [6.07, 6.45) is 1.64. The van der Waals surface area contributed by atoms with Crippen LogP contribution >= 0.6 is 11.6 Å². The average molecular weight is 291 g/mol. The van der Waals surface area contributed by atoms with E-state index in [4.69, 9.17) is 16.3 Å². The van der Waals surface area contributed by atoms with Gasteiger partial charge in [0.1, 0.15) is 0 Å². The fraction of sp³-hybridized carbons (Fsp3) is 0.133. The molecule has 2 rings (SSSR count). The molecule has 0 bridgehead atoms. The highest BCUT2D eigenvalue weighted by molar-refractivity contribution is 6.30. The highest BCUT2D eigenvalue weighted by atomic mass is 35.5. The van der Waals surface area contributed by atoms with Gasteiger partial charge in [0.2, 0.25) is 0 Å². The van der Waals surface area contributed by atoms with Crippen LogP contribution in [-0.4, -0.2) is 17.9 Å². The Bertz CT molecular complexity index is 615. The first-order valence-electron chi connectivity index (χ1n) is 6.19. The van der Waals surface area contributed by atoms with Crippen LogP contribution in [0.4, 0.5) is 5.69 Å². The van der Waals surface area contributed by atoms with Crippen molar-refractivity contribution >= 4 is 23.5 Å². The lowest BCUT2D eigenvalue weighted by molar-refractivity contribution is 0.318. The zero-order valence-corrected chi connectivity index (χ0v) is 11.8. The van der Waals surface area contributed by atoms with Crippen LogP contribution in [0.25, 0.3) is 0 Å². The van der Waals surface area contributed by atoms with Crippen LogP contribution in [0.15, 0.2) is 47.6 Å². The summed E-state index contributed by atoms with van der Waals surface area (Å²) in [6.45, 7) is 2.36. The number of rotatable bonds is 5. The van der Waals surface area contributed by atoms with E-state index >= 15 is 0 Å². The van der Waals surface area contributed by atoms with E-state index in [0.29, 0.717) is 17.4 Å². The fourth-order valence-corrected chi connectivity index (χ4v) is 1.81. The van der Waals surface area contributed by atoms with Crippen molar-refractivity contribution in [3.8, 4) is 11.5 Å². The van der Waals surface area contributed by atoms with Crippen molar-refractivity contribution in [3.63, 3.8) is 0 Å². The molecule has 2 aromatic rings. The molecule has 0 atom stereocenters. The topological polar surface area (TPSA) is 53.8 Å². The molecule has 0 aliphatic rings. The lowest BCUT2D eigenvalue weighted by atomic mass is 10.2. The minimum absolute atomic E-state index is 0.117. The zero-order chi connectivity index (χ0) is 14.4. The largest absolute Gasteiger partial charge is 0.504 e. The third kappa shape index (κ3) is 3.90. The fourth-order valence-electron chi connectivity index (χ4n) is 1.62. The Labute approximate surface area is 122 Å². The number of aromatic hydroxyl groups is 1. The number of nitrogens with zero attached hydrogens (tertiary/aromatic N) is 1. The maximum absolute atomic E-state index is 9.60. The second kappa shape index (κ2) is 6.82. The average Bonchev–Trinajstić information content (AvgIpc) is 2.43. The molecule has 0 heterocycles. The number of phenolic OH excluding ortho intramolecular Hbond substituents is 1. The SMILES string of the molecule is CCOc1cc(C=NNc2cccc(Cl)c2)ccc1O. The summed E-state index contributed by atoms with van der Waals surface area (Å²) in [5.41, 5.74) is 4.51. The number of ether oxygens (including phenoxy) is 1. The number of hydrogen-bond donors (Lipinski definition) is 2. The summed E-state index contributed by atoms with van der Waals surface area (Å²) < 4.78 is 5.31. The van der Waals surface area contributed by atoms with Gasteiger partial charge in [-0.15, -0.1) is 0 Å². The molecule has 104 valence electrons. The molecular formula is C15H15ClN2O2. The number of benzene rings is 2. The van der Waals surface area contributed by atoms with Gasteiger partial charge < -0.3 is 9.84 Å². The van der Waals surface area contributed by atoms with E-state index in [1.54, 1.807) is 36.5 Å². The molecule has 0 aromatic heterocycles. The summed E-state index contributed by atoms with van der Waals surface area (Å²) in [6, 6.07) is 12.3. The monoisotopic (exact) mass is 290 g/mol. The van der Waals surface area contributed by atoms with Crippen molar-refractivity contribution in [2.45, 2.75) is 6.92 Å². The van der Waals surface area contributed by atoms with Gasteiger partial charge in [-0.1, -0.05) is 17.7 Å². The number of nitrogens with one attached hydrogen (secondary N) is 1. The molecule has 0 aliphatic heterocycles. The van der Waals surface area contributed by atoms with Gasteiger partial charge in [0.05, 0.1) is 18.5 Å². The lowest BCUT2D eigenvalue weighted by Crippen LogP contribution is -1.94. The van der Waals surface area contributed by atoms with Gasteiger partial charge in [-0.05, 0) is 48.9 Å². The third-order valence-corrected chi connectivity index (χ3v) is 2.75. The van der Waals surface area contributed by atoms with Gasteiger partial charge in [-0.2, -0.15) is 5.10 Å². The van der Waals surface area contributed by atoms with Crippen LogP contribution in [0.1, 0.15) is 12.5 Å². The number of anilines is 1. The second-order valence-electron chi connectivity index (χ2n) is 4.04. The lowest BCUT2D eigenvalue weighted by Gasteiger charge is -2.06. The Morgan fingerprint density at radius 2 is 2.15 bits per heavy atom. The standard InChI is InChI=1S/C15H15ClN2O2/c1-2-20-15-8-11(6-7-14(15)19)10-17-18-13-5-3-4-12(16)9-13/h3-10,18-19H,2H2,1H3. The molecular weight excluding hydrogens is 276 g/mol. The first-order valence-corrected chi connectivity index (χ1v) is 6.57. The van der Waals surface area contributed by atoms with Gasteiger partial charge in [0, 0.05) is 5.02 Å². The van der Waals surface area contributed by atoms with Crippen LogP contribution in [0, 0.1) is 0 Å². The third-order valence-electron chi connectivity index (χ3n) is 2.52. The van der Waals surface area contributed by atoms with E-state index in [0.717, 1.165) is 11.3 Å².